The van der Waals surface area contributed by atoms with Gasteiger partial charge in [-0.1, -0.05) is 17.3 Å². The minimum absolute atomic E-state index is 0.0925. The van der Waals surface area contributed by atoms with Crippen LogP contribution in [0, 0.1) is 0 Å². The lowest BCUT2D eigenvalue weighted by molar-refractivity contribution is 0.281. The van der Waals surface area contributed by atoms with Gasteiger partial charge in [0.1, 0.15) is 5.75 Å². The van der Waals surface area contributed by atoms with Gasteiger partial charge in [-0.3, -0.25) is 0 Å². The van der Waals surface area contributed by atoms with Crippen molar-refractivity contribution in [3.05, 3.63) is 47.9 Å². The monoisotopic (exact) mass is 260 g/mol. The molecule has 0 unspecified atom stereocenters. The lowest BCUT2D eigenvalue weighted by atomic mass is 10.2. The van der Waals surface area contributed by atoms with Gasteiger partial charge in [0.2, 0.25) is 5.88 Å². The number of aromatic nitrogens is 2. The molecule has 2 aromatic rings. The fraction of sp³-hybridized carbons (Fsp3) is 0.0833. The Kier molecular flexibility index (Phi) is 3.89. The number of oxime groups is 1. The van der Waals surface area contributed by atoms with Crippen LogP contribution in [0.4, 0.5) is 0 Å². The Labute approximate surface area is 109 Å². The molecular formula is C12H12N4O3. The Bertz CT molecular complexity index is 601. The van der Waals surface area contributed by atoms with Crippen molar-refractivity contribution in [2.24, 2.45) is 10.9 Å². The molecule has 7 heteroatoms. The maximum atomic E-state index is 9.05. The van der Waals surface area contributed by atoms with Crippen molar-refractivity contribution in [2.45, 2.75) is 6.61 Å². The third kappa shape index (κ3) is 2.96. The first kappa shape index (κ1) is 12.8. The number of nitrogens with zero attached hydrogens (tertiary/aromatic N) is 3. The molecule has 1 aromatic heterocycles. The fourth-order valence-electron chi connectivity index (χ4n) is 1.44. The zero-order valence-electron chi connectivity index (χ0n) is 9.89. The maximum Gasteiger partial charge on any atom is 0.249 e. The molecule has 2 rings (SSSR count). The minimum Gasteiger partial charge on any atom is -0.437 e. The molecule has 19 heavy (non-hydrogen) atoms. The van der Waals surface area contributed by atoms with Crippen molar-refractivity contribution in [3.63, 3.8) is 0 Å². The molecule has 0 saturated carbocycles. The van der Waals surface area contributed by atoms with Crippen LogP contribution in [0.2, 0.25) is 0 Å². The Morgan fingerprint density at radius 1 is 1.32 bits per heavy atom. The number of ether oxygens (including phenoxy) is 1. The Morgan fingerprint density at radius 2 is 2.11 bits per heavy atom. The van der Waals surface area contributed by atoms with E-state index in [2.05, 4.69) is 15.1 Å². The molecule has 0 atom stereocenters. The van der Waals surface area contributed by atoms with Crippen LogP contribution in [-0.4, -0.2) is 26.1 Å². The zero-order chi connectivity index (χ0) is 13.7. The summed E-state index contributed by atoms with van der Waals surface area (Å²) in [4.78, 5) is 7.91. The van der Waals surface area contributed by atoms with E-state index in [1.165, 1.54) is 12.4 Å². The van der Waals surface area contributed by atoms with Gasteiger partial charge >= 0.3 is 0 Å². The molecule has 0 spiro atoms. The summed E-state index contributed by atoms with van der Waals surface area (Å²) >= 11 is 0. The summed E-state index contributed by atoms with van der Waals surface area (Å²) in [5, 5.41) is 20.6. The van der Waals surface area contributed by atoms with E-state index in [1.54, 1.807) is 24.3 Å². The van der Waals surface area contributed by atoms with Gasteiger partial charge in [0.15, 0.2) is 11.5 Å². The zero-order valence-corrected chi connectivity index (χ0v) is 9.89. The Morgan fingerprint density at radius 3 is 2.84 bits per heavy atom. The first-order valence-corrected chi connectivity index (χ1v) is 5.41. The van der Waals surface area contributed by atoms with Gasteiger partial charge in [-0.2, -0.15) is 0 Å². The predicted octanol–water partition coefficient (Wildman–Crippen LogP) is 0.856. The van der Waals surface area contributed by atoms with Gasteiger partial charge in [-0.25, -0.2) is 9.97 Å². The van der Waals surface area contributed by atoms with Crippen LogP contribution >= 0.6 is 0 Å². The quantitative estimate of drug-likeness (QED) is 0.325. The van der Waals surface area contributed by atoms with Crippen LogP contribution in [0.15, 0.2) is 41.8 Å². The van der Waals surface area contributed by atoms with Gasteiger partial charge in [0.25, 0.3) is 0 Å². The highest BCUT2D eigenvalue weighted by atomic mass is 16.5. The van der Waals surface area contributed by atoms with Crippen molar-refractivity contribution < 1.29 is 15.1 Å². The third-order valence-corrected chi connectivity index (χ3v) is 2.31. The molecule has 0 amide bonds. The summed E-state index contributed by atoms with van der Waals surface area (Å²) in [6.07, 6.45) is 2.84. The van der Waals surface area contributed by atoms with Crippen LogP contribution in [0.3, 0.4) is 0 Å². The summed E-state index contributed by atoms with van der Waals surface area (Å²) in [7, 11) is 0. The maximum absolute atomic E-state index is 9.05. The summed E-state index contributed by atoms with van der Waals surface area (Å²) < 4.78 is 5.52. The minimum atomic E-state index is -0.193. The molecule has 0 saturated heterocycles. The molecular weight excluding hydrogens is 248 g/mol. The highest BCUT2D eigenvalue weighted by molar-refractivity contribution is 5.97. The third-order valence-electron chi connectivity index (χ3n) is 2.31. The van der Waals surface area contributed by atoms with Crippen LogP contribution in [0.1, 0.15) is 11.3 Å². The molecule has 0 radical (unpaired) electrons. The van der Waals surface area contributed by atoms with Crippen molar-refractivity contribution in [2.75, 3.05) is 0 Å². The van der Waals surface area contributed by atoms with E-state index in [-0.39, 0.29) is 24.0 Å². The Hall–Kier alpha value is -2.67. The highest BCUT2D eigenvalue weighted by Crippen LogP contribution is 2.22. The summed E-state index contributed by atoms with van der Waals surface area (Å²) in [6.45, 7) is -0.0925. The number of aliphatic hydroxyl groups excluding tert-OH is 1. The smallest absolute Gasteiger partial charge is 0.249 e. The molecule has 0 bridgehead atoms. The molecule has 0 aliphatic heterocycles. The molecule has 0 aliphatic carbocycles. The molecule has 1 heterocycles. The van der Waals surface area contributed by atoms with Gasteiger partial charge in [0, 0.05) is 12.4 Å². The van der Waals surface area contributed by atoms with E-state index >= 15 is 0 Å². The van der Waals surface area contributed by atoms with Gasteiger partial charge < -0.3 is 20.8 Å². The number of amidine groups is 1. The van der Waals surface area contributed by atoms with Crippen molar-refractivity contribution in [1.29, 1.82) is 0 Å². The summed E-state index contributed by atoms with van der Waals surface area (Å²) in [5.74, 6) is 0.397. The fourth-order valence-corrected chi connectivity index (χ4v) is 1.44. The summed E-state index contributed by atoms with van der Waals surface area (Å²) in [6, 6.07) is 6.85. The van der Waals surface area contributed by atoms with Gasteiger partial charge in [-0.05, 0) is 17.7 Å². The topological polar surface area (TPSA) is 114 Å². The standard InChI is InChI=1S/C12H12N4O3/c13-11(16-18)10-12(15-5-4-14-10)19-9-3-1-2-8(6-9)7-17/h1-6,17-18H,7H2,(H2,13,16). The van der Waals surface area contributed by atoms with Crippen LogP contribution in [0.25, 0.3) is 0 Å². The van der Waals surface area contributed by atoms with E-state index < -0.39 is 0 Å². The predicted molar refractivity (Wildman–Crippen MR) is 67.0 cm³/mol. The number of rotatable bonds is 4. The van der Waals surface area contributed by atoms with E-state index in [9.17, 15) is 0 Å². The van der Waals surface area contributed by atoms with E-state index in [4.69, 9.17) is 20.8 Å². The molecule has 7 nitrogen and oxygen atoms in total. The number of hydrogen-bond acceptors (Lipinski definition) is 6. The van der Waals surface area contributed by atoms with Crippen LogP contribution in [0.5, 0.6) is 11.6 Å². The Balaban J connectivity index is 2.33. The SMILES string of the molecule is NC(=NO)c1nccnc1Oc1cccc(CO)c1. The highest BCUT2D eigenvalue weighted by Gasteiger charge is 2.12. The molecule has 1 aromatic carbocycles. The van der Waals surface area contributed by atoms with Crippen molar-refractivity contribution >= 4 is 5.84 Å². The number of nitrogens with two attached hydrogens (primary N) is 1. The first-order valence-electron chi connectivity index (χ1n) is 5.41. The average molecular weight is 260 g/mol. The van der Waals surface area contributed by atoms with Crippen molar-refractivity contribution in [3.8, 4) is 11.6 Å². The molecule has 4 N–H and O–H groups in total. The number of aliphatic hydroxyl groups is 1. The molecule has 0 aliphatic rings. The van der Waals surface area contributed by atoms with E-state index in [1.807, 2.05) is 0 Å². The van der Waals surface area contributed by atoms with E-state index in [0.717, 1.165) is 0 Å². The second-order valence-electron chi connectivity index (χ2n) is 3.60. The average Bonchev–Trinajstić information content (AvgIpc) is 2.47. The first-order chi connectivity index (χ1) is 9.24. The number of benzene rings is 1. The number of hydrogen-bond donors (Lipinski definition) is 3. The van der Waals surface area contributed by atoms with Crippen molar-refractivity contribution in [1.82, 2.24) is 9.97 Å². The largest absolute Gasteiger partial charge is 0.437 e. The van der Waals surface area contributed by atoms with E-state index in [0.29, 0.717) is 11.3 Å². The lowest BCUT2D eigenvalue weighted by Gasteiger charge is -2.08. The van der Waals surface area contributed by atoms with Gasteiger partial charge in [0.05, 0.1) is 6.61 Å². The molecule has 0 fully saturated rings. The summed E-state index contributed by atoms with van der Waals surface area (Å²) in [5.41, 5.74) is 6.32. The lowest BCUT2D eigenvalue weighted by Crippen LogP contribution is -2.16. The second-order valence-corrected chi connectivity index (χ2v) is 3.60. The molecule has 98 valence electrons. The van der Waals surface area contributed by atoms with Crippen LogP contribution in [-0.2, 0) is 6.61 Å². The van der Waals surface area contributed by atoms with Crippen LogP contribution < -0.4 is 10.5 Å². The second kappa shape index (κ2) is 5.78. The van der Waals surface area contributed by atoms with Gasteiger partial charge in [-0.15, -0.1) is 0 Å². The normalized spacial score (nSPS) is 11.3.